The van der Waals surface area contributed by atoms with Gasteiger partial charge in [0, 0.05) is 23.0 Å². The SMILES string of the molecule is CC(=O)c1cccc(NC(=O)c2ccc(-c3ccccc3)cn2)c1. The van der Waals surface area contributed by atoms with Gasteiger partial charge in [-0.15, -0.1) is 0 Å². The highest BCUT2D eigenvalue weighted by atomic mass is 16.2. The van der Waals surface area contributed by atoms with Crippen LogP contribution in [0.1, 0.15) is 27.8 Å². The fourth-order valence-corrected chi connectivity index (χ4v) is 2.34. The Kier molecular flexibility index (Phi) is 4.47. The predicted molar refractivity (Wildman–Crippen MR) is 94.1 cm³/mol. The summed E-state index contributed by atoms with van der Waals surface area (Å²) in [6, 6.07) is 20.2. The van der Waals surface area contributed by atoms with Gasteiger partial charge in [0.1, 0.15) is 5.69 Å². The van der Waals surface area contributed by atoms with Crippen LogP contribution in [0.2, 0.25) is 0 Å². The Bertz CT molecular complexity index is 872. The molecule has 1 amide bonds. The van der Waals surface area contributed by atoms with E-state index in [1.165, 1.54) is 6.92 Å². The maximum Gasteiger partial charge on any atom is 0.274 e. The second-order valence-corrected chi connectivity index (χ2v) is 5.39. The molecule has 4 heteroatoms. The van der Waals surface area contributed by atoms with Crippen molar-refractivity contribution < 1.29 is 9.59 Å². The third-order valence-corrected chi connectivity index (χ3v) is 3.63. The lowest BCUT2D eigenvalue weighted by atomic mass is 10.1. The zero-order valence-electron chi connectivity index (χ0n) is 13.2. The molecule has 118 valence electrons. The molecule has 0 saturated carbocycles. The number of benzene rings is 2. The van der Waals surface area contributed by atoms with Gasteiger partial charge in [0.25, 0.3) is 5.91 Å². The molecule has 1 heterocycles. The summed E-state index contributed by atoms with van der Waals surface area (Å²) in [7, 11) is 0. The molecule has 2 aromatic carbocycles. The number of Topliss-reactive ketones (excluding diaryl/α,β-unsaturated/α-hetero) is 1. The molecular weight excluding hydrogens is 300 g/mol. The van der Waals surface area contributed by atoms with Gasteiger partial charge >= 0.3 is 0 Å². The molecule has 1 aromatic heterocycles. The van der Waals surface area contributed by atoms with E-state index in [0.29, 0.717) is 16.9 Å². The van der Waals surface area contributed by atoms with Crippen molar-refractivity contribution in [2.45, 2.75) is 6.92 Å². The van der Waals surface area contributed by atoms with E-state index in [1.54, 1.807) is 36.5 Å². The summed E-state index contributed by atoms with van der Waals surface area (Å²) < 4.78 is 0. The molecule has 24 heavy (non-hydrogen) atoms. The summed E-state index contributed by atoms with van der Waals surface area (Å²) in [5.74, 6) is -0.355. The zero-order chi connectivity index (χ0) is 16.9. The minimum Gasteiger partial charge on any atom is -0.321 e. The van der Waals surface area contributed by atoms with E-state index in [-0.39, 0.29) is 11.7 Å². The van der Waals surface area contributed by atoms with Crippen LogP contribution < -0.4 is 5.32 Å². The molecule has 0 aliphatic heterocycles. The highest BCUT2D eigenvalue weighted by Crippen LogP contribution is 2.18. The van der Waals surface area contributed by atoms with Gasteiger partial charge in [-0.05, 0) is 30.7 Å². The Morgan fingerprint density at radius 2 is 1.67 bits per heavy atom. The number of amides is 1. The number of nitrogens with one attached hydrogen (secondary N) is 1. The number of aromatic nitrogens is 1. The first-order valence-electron chi connectivity index (χ1n) is 7.57. The van der Waals surface area contributed by atoms with Gasteiger partial charge < -0.3 is 5.32 Å². The maximum atomic E-state index is 12.3. The number of pyridine rings is 1. The fraction of sp³-hybridized carbons (Fsp3) is 0.0500. The molecule has 0 spiro atoms. The average molecular weight is 316 g/mol. The number of rotatable bonds is 4. The van der Waals surface area contributed by atoms with Gasteiger partial charge in [-0.3, -0.25) is 14.6 Å². The minimum absolute atomic E-state index is 0.0450. The Morgan fingerprint density at radius 3 is 2.33 bits per heavy atom. The minimum atomic E-state index is -0.310. The molecule has 3 rings (SSSR count). The van der Waals surface area contributed by atoms with Gasteiger partial charge in [0.15, 0.2) is 5.78 Å². The van der Waals surface area contributed by atoms with Crippen LogP contribution in [-0.4, -0.2) is 16.7 Å². The summed E-state index contributed by atoms with van der Waals surface area (Å²) in [6.07, 6.45) is 1.68. The Morgan fingerprint density at radius 1 is 0.875 bits per heavy atom. The smallest absolute Gasteiger partial charge is 0.274 e. The zero-order valence-corrected chi connectivity index (χ0v) is 13.2. The van der Waals surface area contributed by atoms with Crippen molar-refractivity contribution in [3.8, 4) is 11.1 Å². The molecule has 0 unspecified atom stereocenters. The van der Waals surface area contributed by atoms with E-state index in [0.717, 1.165) is 11.1 Å². The number of hydrogen-bond donors (Lipinski definition) is 1. The number of hydrogen-bond acceptors (Lipinski definition) is 3. The molecule has 0 aliphatic carbocycles. The number of carbonyl (C=O) groups excluding carboxylic acids is 2. The van der Waals surface area contributed by atoms with E-state index in [2.05, 4.69) is 10.3 Å². The van der Waals surface area contributed by atoms with Crippen molar-refractivity contribution in [3.63, 3.8) is 0 Å². The summed E-state index contributed by atoms with van der Waals surface area (Å²) in [6.45, 7) is 1.49. The molecule has 0 saturated heterocycles. The van der Waals surface area contributed by atoms with Crippen molar-refractivity contribution in [3.05, 3.63) is 84.2 Å². The van der Waals surface area contributed by atoms with Crippen LogP contribution in [0.4, 0.5) is 5.69 Å². The van der Waals surface area contributed by atoms with Crippen molar-refractivity contribution in [2.75, 3.05) is 5.32 Å². The highest BCUT2D eigenvalue weighted by molar-refractivity contribution is 6.04. The molecule has 4 nitrogen and oxygen atoms in total. The highest BCUT2D eigenvalue weighted by Gasteiger charge is 2.09. The predicted octanol–water partition coefficient (Wildman–Crippen LogP) is 4.20. The van der Waals surface area contributed by atoms with Crippen molar-refractivity contribution in [1.82, 2.24) is 4.98 Å². The van der Waals surface area contributed by atoms with E-state index in [9.17, 15) is 9.59 Å². The normalized spacial score (nSPS) is 10.2. The van der Waals surface area contributed by atoms with E-state index >= 15 is 0 Å². The number of nitrogens with zero attached hydrogens (tertiary/aromatic N) is 1. The number of carbonyl (C=O) groups is 2. The van der Waals surface area contributed by atoms with Crippen LogP contribution in [0.15, 0.2) is 72.9 Å². The van der Waals surface area contributed by atoms with Gasteiger partial charge in [-0.2, -0.15) is 0 Å². The first kappa shape index (κ1) is 15.6. The Balaban J connectivity index is 1.76. The van der Waals surface area contributed by atoms with Crippen molar-refractivity contribution >= 4 is 17.4 Å². The van der Waals surface area contributed by atoms with Gasteiger partial charge in [-0.25, -0.2) is 0 Å². The Hall–Kier alpha value is -3.27. The van der Waals surface area contributed by atoms with Crippen LogP contribution in [-0.2, 0) is 0 Å². The second kappa shape index (κ2) is 6.87. The van der Waals surface area contributed by atoms with Gasteiger partial charge in [0.05, 0.1) is 0 Å². The molecule has 0 atom stereocenters. The fourth-order valence-electron chi connectivity index (χ4n) is 2.34. The first-order valence-corrected chi connectivity index (χ1v) is 7.57. The first-order chi connectivity index (χ1) is 11.6. The third kappa shape index (κ3) is 3.55. The van der Waals surface area contributed by atoms with Crippen LogP contribution in [0.5, 0.6) is 0 Å². The maximum absolute atomic E-state index is 12.3. The lowest BCUT2D eigenvalue weighted by molar-refractivity contribution is 0.100. The molecule has 1 N–H and O–H groups in total. The topological polar surface area (TPSA) is 59.1 Å². The van der Waals surface area contributed by atoms with Crippen molar-refractivity contribution in [2.24, 2.45) is 0 Å². The monoisotopic (exact) mass is 316 g/mol. The van der Waals surface area contributed by atoms with Gasteiger partial charge in [-0.1, -0.05) is 48.5 Å². The summed E-state index contributed by atoms with van der Waals surface area (Å²) in [5, 5.41) is 2.76. The molecule has 0 radical (unpaired) electrons. The van der Waals surface area contributed by atoms with Crippen LogP contribution in [0, 0.1) is 0 Å². The summed E-state index contributed by atoms with van der Waals surface area (Å²) in [4.78, 5) is 27.9. The third-order valence-electron chi connectivity index (χ3n) is 3.63. The summed E-state index contributed by atoms with van der Waals surface area (Å²) in [5.41, 5.74) is 3.45. The molecular formula is C20H16N2O2. The average Bonchev–Trinajstić information content (AvgIpc) is 2.63. The molecule has 0 aliphatic rings. The van der Waals surface area contributed by atoms with E-state index in [1.807, 2.05) is 36.4 Å². The van der Waals surface area contributed by atoms with E-state index in [4.69, 9.17) is 0 Å². The largest absolute Gasteiger partial charge is 0.321 e. The lowest BCUT2D eigenvalue weighted by Gasteiger charge is -2.07. The summed E-state index contributed by atoms with van der Waals surface area (Å²) >= 11 is 0. The van der Waals surface area contributed by atoms with Crippen LogP contribution in [0.3, 0.4) is 0 Å². The lowest BCUT2D eigenvalue weighted by Crippen LogP contribution is -2.13. The number of anilines is 1. The van der Waals surface area contributed by atoms with Crippen LogP contribution >= 0.6 is 0 Å². The molecule has 3 aromatic rings. The van der Waals surface area contributed by atoms with Crippen LogP contribution in [0.25, 0.3) is 11.1 Å². The van der Waals surface area contributed by atoms with Crippen molar-refractivity contribution in [1.29, 1.82) is 0 Å². The second-order valence-electron chi connectivity index (χ2n) is 5.39. The van der Waals surface area contributed by atoms with E-state index < -0.39 is 0 Å². The quantitative estimate of drug-likeness (QED) is 0.734. The van der Waals surface area contributed by atoms with Gasteiger partial charge in [0.2, 0.25) is 0 Å². The Labute approximate surface area is 140 Å². The molecule has 0 bridgehead atoms. The standard InChI is InChI=1S/C20H16N2O2/c1-14(23)16-8-5-9-18(12-16)22-20(24)19-11-10-17(13-21-19)15-6-3-2-4-7-15/h2-13H,1H3,(H,22,24). The molecule has 0 fully saturated rings. The number of ketones is 1.